The third-order valence-electron chi connectivity index (χ3n) is 2.75. The molecule has 0 aromatic carbocycles. The van der Waals surface area contributed by atoms with Crippen molar-refractivity contribution in [1.29, 1.82) is 0 Å². The Hall–Kier alpha value is -1.40. The van der Waals surface area contributed by atoms with E-state index in [1.807, 2.05) is 7.05 Å². The van der Waals surface area contributed by atoms with Gasteiger partial charge in [0.05, 0.1) is 19.0 Å². The van der Waals surface area contributed by atoms with Gasteiger partial charge in [-0.2, -0.15) is 0 Å². The Morgan fingerprint density at radius 2 is 2.59 bits per heavy atom. The molecule has 2 rings (SSSR count). The Bertz CT molecular complexity index is 385. The van der Waals surface area contributed by atoms with Gasteiger partial charge in [-0.25, -0.2) is 4.98 Å². The monoisotopic (exact) mass is 238 g/mol. The van der Waals surface area contributed by atoms with Gasteiger partial charge >= 0.3 is 0 Å². The van der Waals surface area contributed by atoms with Crippen LogP contribution in [0, 0.1) is 0 Å². The van der Waals surface area contributed by atoms with Gasteiger partial charge in [0, 0.05) is 39.9 Å². The molecule has 0 bridgehead atoms. The summed E-state index contributed by atoms with van der Waals surface area (Å²) in [6, 6.07) is 0. The van der Waals surface area contributed by atoms with Crippen LogP contribution in [0.1, 0.15) is 10.5 Å². The van der Waals surface area contributed by atoms with E-state index in [2.05, 4.69) is 10.3 Å². The van der Waals surface area contributed by atoms with Crippen LogP contribution >= 0.6 is 0 Å². The highest BCUT2D eigenvalue weighted by Gasteiger charge is 2.20. The van der Waals surface area contributed by atoms with E-state index in [1.165, 1.54) is 0 Å². The lowest BCUT2D eigenvalue weighted by Gasteiger charge is -2.27. The van der Waals surface area contributed by atoms with Crippen molar-refractivity contribution in [3.8, 4) is 0 Å². The van der Waals surface area contributed by atoms with Crippen LogP contribution in [0.3, 0.4) is 0 Å². The Kier molecular flexibility index (Phi) is 3.75. The summed E-state index contributed by atoms with van der Waals surface area (Å²) in [5.74, 6) is -0.0697. The molecule has 1 saturated heterocycles. The van der Waals surface area contributed by atoms with E-state index < -0.39 is 0 Å². The molecule has 2 heterocycles. The van der Waals surface area contributed by atoms with Crippen LogP contribution in [0.4, 0.5) is 0 Å². The third kappa shape index (κ3) is 3.04. The number of hydrogen-bond acceptors (Lipinski definition) is 4. The first-order chi connectivity index (χ1) is 8.16. The summed E-state index contributed by atoms with van der Waals surface area (Å²) in [6.07, 6.45) is 3.42. The van der Waals surface area contributed by atoms with Crippen LogP contribution in [-0.4, -0.2) is 59.8 Å². The van der Waals surface area contributed by atoms with E-state index in [1.54, 1.807) is 29.0 Å². The minimum absolute atomic E-state index is 0.0697. The SMILES string of the molecule is CN(CC1CNCCO1)C(=O)c1cn(C)cn1. The number of amides is 1. The zero-order valence-electron chi connectivity index (χ0n) is 10.2. The number of hydrogen-bond donors (Lipinski definition) is 1. The number of carbonyl (C=O) groups excluding carboxylic acids is 1. The minimum Gasteiger partial charge on any atom is -0.374 e. The molecule has 1 N–H and O–H groups in total. The highest BCUT2D eigenvalue weighted by Crippen LogP contribution is 2.03. The zero-order valence-corrected chi connectivity index (χ0v) is 10.2. The Morgan fingerprint density at radius 1 is 1.76 bits per heavy atom. The van der Waals surface area contributed by atoms with Crippen molar-refractivity contribution >= 4 is 5.91 Å². The van der Waals surface area contributed by atoms with E-state index in [9.17, 15) is 4.79 Å². The summed E-state index contributed by atoms with van der Waals surface area (Å²) in [7, 11) is 3.62. The lowest BCUT2D eigenvalue weighted by atomic mass is 10.2. The van der Waals surface area contributed by atoms with E-state index in [-0.39, 0.29) is 12.0 Å². The Labute approximate surface area is 101 Å². The van der Waals surface area contributed by atoms with Gasteiger partial charge in [-0.3, -0.25) is 4.79 Å². The number of imidazole rings is 1. The Morgan fingerprint density at radius 3 is 3.18 bits per heavy atom. The molecule has 6 heteroatoms. The van der Waals surface area contributed by atoms with Crippen LogP contribution in [0.5, 0.6) is 0 Å². The standard InChI is InChI=1S/C11H18N4O2/c1-14-7-10(13-8-14)11(16)15(2)6-9-5-12-3-4-17-9/h7-9,12H,3-6H2,1-2H3. The van der Waals surface area contributed by atoms with Crippen LogP contribution < -0.4 is 5.32 Å². The molecular formula is C11H18N4O2. The second kappa shape index (κ2) is 5.29. The number of likely N-dealkylation sites (N-methyl/N-ethyl adjacent to an activating group) is 1. The molecule has 1 atom stereocenters. The van der Waals surface area contributed by atoms with Crippen molar-refractivity contribution < 1.29 is 9.53 Å². The van der Waals surface area contributed by atoms with Crippen LogP contribution in [-0.2, 0) is 11.8 Å². The smallest absolute Gasteiger partial charge is 0.273 e. The van der Waals surface area contributed by atoms with Crippen molar-refractivity contribution in [2.75, 3.05) is 33.3 Å². The number of ether oxygens (including phenoxy) is 1. The molecule has 0 saturated carbocycles. The third-order valence-corrected chi connectivity index (χ3v) is 2.75. The number of morpholine rings is 1. The second-order valence-corrected chi connectivity index (χ2v) is 4.31. The van der Waals surface area contributed by atoms with Crippen LogP contribution in [0.2, 0.25) is 0 Å². The second-order valence-electron chi connectivity index (χ2n) is 4.31. The van der Waals surface area contributed by atoms with Crippen molar-refractivity contribution in [1.82, 2.24) is 19.8 Å². The molecule has 1 unspecified atom stereocenters. The molecular weight excluding hydrogens is 220 g/mol. The maximum absolute atomic E-state index is 12.0. The molecule has 6 nitrogen and oxygen atoms in total. The normalized spacial score (nSPS) is 20.2. The van der Waals surface area contributed by atoms with E-state index in [4.69, 9.17) is 4.74 Å². The number of aryl methyl sites for hydroxylation is 1. The lowest BCUT2D eigenvalue weighted by molar-refractivity contribution is 0.0102. The summed E-state index contributed by atoms with van der Waals surface area (Å²) in [5, 5.41) is 3.24. The molecule has 17 heavy (non-hydrogen) atoms. The number of carbonyl (C=O) groups is 1. The molecule has 1 amide bonds. The summed E-state index contributed by atoms with van der Waals surface area (Å²) < 4.78 is 7.32. The average Bonchev–Trinajstić information content (AvgIpc) is 2.76. The number of aromatic nitrogens is 2. The molecule has 0 aliphatic carbocycles. The molecule has 1 aromatic heterocycles. The predicted molar refractivity (Wildman–Crippen MR) is 62.8 cm³/mol. The van der Waals surface area contributed by atoms with Crippen LogP contribution in [0.25, 0.3) is 0 Å². The number of nitrogens with zero attached hydrogens (tertiary/aromatic N) is 3. The minimum atomic E-state index is -0.0697. The molecule has 1 aliphatic heterocycles. The first-order valence-corrected chi connectivity index (χ1v) is 5.72. The molecule has 1 aromatic rings. The van der Waals surface area contributed by atoms with Gasteiger partial charge in [-0.15, -0.1) is 0 Å². The summed E-state index contributed by atoms with van der Waals surface area (Å²) in [5.41, 5.74) is 0.471. The summed E-state index contributed by atoms with van der Waals surface area (Å²) in [4.78, 5) is 17.7. The molecule has 0 spiro atoms. The fourth-order valence-corrected chi connectivity index (χ4v) is 1.84. The van der Waals surface area contributed by atoms with Crippen molar-refractivity contribution in [2.24, 2.45) is 7.05 Å². The first-order valence-electron chi connectivity index (χ1n) is 5.72. The molecule has 94 valence electrons. The van der Waals surface area contributed by atoms with E-state index in [0.29, 0.717) is 18.8 Å². The quantitative estimate of drug-likeness (QED) is 0.770. The van der Waals surface area contributed by atoms with Gasteiger partial charge in [-0.05, 0) is 0 Å². The maximum Gasteiger partial charge on any atom is 0.273 e. The number of rotatable bonds is 3. The van der Waals surface area contributed by atoms with Gasteiger partial charge in [0.2, 0.25) is 0 Å². The van der Waals surface area contributed by atoms with Crippen molar-refractivity contribution in [2.45, 2.75) is 6.10 Å². The van der Waals surface area contributed by atoms with Gasteiger partial charge in [0.1, 0.15) is 5.69 Å². The van der Waals surface area contributed by atoms with E-state index >= 15 is 0 Å². The molecule has 0 radical (unpaired) electrons. The van der Waals surface area contributed by atoms with Gasteiger partial charge in [-0.1, -0.05) is 0 Å². The van der Waals surface area contributed by atoms with Gasteiger partial charge < -0.3 is 19.5 Å². The van der Waals surface area contributed by atoms with Crippen molar-refractivity contribution in [3.63, 3.8) is 0 Å². The van der Waals surface area contributed by atoms with Crippen LogP contribution in [0.15, 0.2) is 12.5 Å². The van der Waals surface area contributed by atoms with Gasteiger partial charge in [0.25, 0.3) is 5.91 Å². The largest absolute Gasteiger partial charge is 0.374 e. The van der Waals surface area contributed by atoms with Gasteiger partial charge in [0.15, 0.2) is 0 Å². The molecule has 1 aliphatic rings. The van der Waals surface area contributed by atoms with Crippen molar-refractivity contribution in [3.05, 3.63) is 18.2 Å². The zero-order chi connectivity index (χ0) is 12.3. The maximum atomic E-state index is 12.0. The molecule has 1 fully saturated rings. The fraction of sp³-hybridized carbons (Fsp3) is 0.636. The highest BCUT2D eigenvalue weighted by molar-refractivity contribution is 5.91. The average molecular weight is 238 g/mol. The lowest BCUT2D eigenvalue weighted by Crippen LogP contribution is -2.45. The fourth-order valence-electron chi connectivity index (χ4n) is 1.84. The topological polar surface area (TPSA) is 59.4 Å². The predicted octanol–water partition coefficient (Wildman–Crippen LogP) is -0.519. The highest BCUT2D eigenvalue weighted by atomic mass is 16.5. The first kappa shape index (κ1) is 12.1. The summed E-state index contributed by atoms with van der Waals surface area (Å²) in [6.45, 7) is 2.97. The number of nitrogens with one attached hydrogen (secondary N) is 1. The van der Waals surface area contributed by atoms with E-state index in [0.717, 1.165) is 13.1 Å². The summed E-state index contributed by atoms with van der Waals surface area (Å²) >= 11 is 0. The Balaban J connectivity index is 1.90.